The second-order valence-electron chi connectivity index (χ2n) is 10.9. The average molecular weight is 771 g/mol. The number of carbonyl (C=O) groups excluding carboxylic acids is 1. The number of halogens is 5. The summed E-state index contributed by atoms with van der Waals surface area (Å²) in [5, 5.41) is -2.67. The van der Waals surface area contributed by atoms with E-state index < -0.39 is 177 Å². The van der Waals surface area contributed by atoms with Crippen molar-refractivity contribution in [2.75, 3.05) is 33.2 Å². The van der Waals surface area contributed by atoms with Crippen molar-refractivity contribution in [1.82, 2.24) is 14.4 Å². The minimum absolute atomic E-state index is 0.00533. The van der Waals surface area contributed by atoms with Gasteiger partial charge in [-0.2, -0.15) is 13.2 Å². The number of benzene rings is 4. The lowest BCUT2D eigenvalue weighted by atomic mass is 10.00. The van der Waals surface area contributed by atoms with Crippen LogP contribution in [0.15, 0.2) is 101 Å². The van der Waals surface area contributed by atoms with Crippen molar-refractivity contribution in [1.29, 1.82) is 0 Å². The minimum atomic E-state index is -4.90. The van der Waals surface area contributed by atoms with Gasteiger partial charge in [0.1, 0.15) is 6.50 Å². The third kappa shape index (κ3) is 9.17. The van der Waals surface area contributed by atoms with Crippen LogP contribution in [-0.4, -0.2) is 59.5 Å². The Morgan fingerprint density at radius 2 is 1.72 bits per heavy atom. The Labute approximate surface area is 338 Å². The van der Waals surface area contributed by atoms with Crippen molar-refractivity contribution in [3.8, 4) is 11.1 Å². The number of carbonyl (C=O) groups is 1. The SMILES string of the molecule is [2H]c1c(C)c([2H])c2c(c1[2H])c(=O)c([2H])c(SC([2H])([2H])c1cccc(F)c1F)n2C([2H])([2H])C(=O)N(C([2H])([2H])c1ccc(-c2ccc(C(F)(F)F)cc2)cc1)C1([2H])C([2H])([2H])C([2H])([2H])N(C([2H])([2H])COC)C([2H])([2H])C1([2H])[2H]. The molecule has 0 unspecified atom stereocenters. The van der Waals surface area contributed by atoms with E-state index in [9.17, 15) is 34.7 Å². The number of methoxy groups -OCH3 is 1. The van der Waals surface area contributed by atoms with Gasteiger partial charge in [0.25, 0.3) is 0 Å². The lowest BCUT2D eigenvalue weighted by Crippen LogP contribution is -2.48. The lowest BCUT2D eigenvalue weighted by Gasteiger charge is -2.39. The second-order valence-corrected chi connectivity index (χ2v) is 11.7. The summed E-state index contributed by atoms with van der Waals surface area (Å²) in [5.74, 6) is -6.27. The van der Waals surface area contributed by atoms with E-state index in [0.29, 0.717) is 24.3 Å². The molecule has 6 rings (SSSR count). The normalized spacial score (nSPS) is 25.5. The number of pyridine rings is 1. The summed E-state index contributed by atoms with van der Waals surface area (Å²) in [6, 6.07) is -0.731. The highest BCUT2D eigenvalue weighted by Crippen LogP contribution is 2.32. The minimum Gasteiger partial charge on any atom is -0.383 e. The predicted molar refractivity (Wildman–Crippen MR) is 198 cm³/mol. The molecule has 0 radical (unpaired) electrons. The number of ether oxygens (including phenoxy) is 1. The fourth-order valence-electron chi connectivity index (χ4n) is 4.67. The van der Waals surface area contributed by atoms with Crippen LogP contribution in [-0.2, 0) is 34.4 Å². The Bertz CT molecular complexity index is 3100. The Kier molecular flexibility index (Phi) is 6.19. The summed E-state index contributed by atoms with van der Waals surface area (Å²) in [7, 11) is 0.846. The summed E-state index contributed by atoms with van der Waals surface area (Å²) in [6.07, 6.45) is -14.2. The molecule has 12 heteroatoms. The van der Waals surface area contributed by atoms with Gasteiger partial charge in [-0.3, -0.25) is 9.59 Å². The number of fused-ring (bicyclic) bond motifs is 1. The average Bonchev–Trinajstić information content (AvgIpc) is 3.28. The highest BCUT2D eigenvalue weighted by molar-refractivity contribution is 7.98. The highest BCUT2D eigenvalue weighted by atomic mass is 32.2. The first-order chi connectivity index (χ1) is 33.5. The number of hydrogen-bond acceptors (Lipinski definition) is 5. The van der Waals surface area contributed by atoms with Gasteiger partial charge in [-0.05, 0) is 72.2 Å². The number of hydrogen-bond donors (Lipinski definition) is 0. The van der Waals surface area contributed by atoms with Crippen LogP contribution in [0.3, 0.4) is 0 Å². The quantitative estimate of drug-likeness (QED) is 0.0940. The van der Waals surface area contributed by atoms with Crippen LogP contribution < -0.4 is 5.43 Å². The van der Waals surface area contributed by atoms with Gasteiger partial charge in [0.05, 0.1) is 35.0 Å². The molecule has 1 aliphatic rings. The summed E-state index contributed by atoms with van der Waals surface area (Å²) in [4.78, 5) is 28.4. The Balaban J connectivity index is 1.76. The van der Waals surface area contributed by atoms with Crippen LogP contribution in [0.1, 0.15) is 63.8 Å². The maximum atomic E-state index is 15.8. The smallest absolute Gasteiger partial charge is 0.383 e. The molecule has 0 atom stereocenters. The van der Waals surface area contributed by atoms with Crippen molar-refractivity contribution in [3.63, 3.8) is 0 Å². The largest absolute Gasteiger partial charge is 0.416 e. The van der Waals surface area contributed by atoms with Gasteiger partial charge in [-0.1, -0.05) is 54.6 Å². The standard InChI is InChI=1S/C41H40F5N3O3S/c1-27-6-15-34-36(22-27)49(39(23-37(34)50)53-26-31-4-3-5-35(42)40(31)43)25-38(51)48(33-16-18-47(19-17-33)20-21-52-2)24-28-7-9-29(10-8-28)30-11-13-32(14-12-30)41(44,45)46/h3-15,22-23,33H,16-21,24-26H2,1-2H3/i6D,15D,16D2,17D2,18D2,19D2,20D2,22D,23D,24D2,25D2,26D2,33D. The van der Waals surface area contributed by atoms with Crippen LogP contribution >= 0.6 is 11.8 Å². The summed E-state index contributed by atoms with van der Waals surface area (Å²) < 4.78 is 265. The molecule has 6 nitrogen and oxygen atoms in total. The van der Waals surface area contributed by atoms with Crippen LogP contribution in [0.5, 0.6) is 0 Å². The van der Waals surface area contributed by atoms with Gasteiger partial charge in [0.15, 0.2) is 17.1 Å². The van der Waals surface area contributed by atoms with E-state index in [4.69, 9.17) is 21.2 Å². The molecule has 0 aliphatic carbocycles. The van der Waals surface area contributed by atoms with Crippen LogP contribution in [0.4, 0.5) is 22.0 Å². The molecule has 0 bridgehead atoms. The second kappa shape index (κ2) is 16.7. The van der Waals surface area contributed by atoms with E-state index in [-0.39, 0.29) is 15.7 Å². The Morgan fingerprint density at radius 3 is 2.38 bits per heavy atom. The lowest BCUT2D eigenvalue weighted by molar-refractivity contribution is -0.137. The first-order valence-electron chi connectivity index (χ1n) is 25.7. The molecule has 278 valence electrons. The first kappa shape index (κ1) is 19.7. The first-order valence-corrected chi connectivity index (χ1v) is 16.0. The number of rotatable bonds is 12. The van der Waals surface area contributed by atoms with Gasteiger partial charge in [-0.25, -0.2) is 8.78 Å². The van der Waals surface area contributed by atoms with E-state index in [1.807, 2.05) is 0 Å². The number of piperidine rings is 1. The van der Waals surface area contributed by atoms with Crippen LogP contribution in [0.2, 0.25) is 0 Å². The van der Waals surface area contributed by atoms with E-state index in [0.717, 1.165) is 56.5 Å². The molecule has 4 aromatic carbocycles. The number of nitrogens with zero attached hydrogens (tertiary/aromatic N) is 3. The van der Waals surface area contributed by atoms with E-state index >= 15 is 9.18 Å². The van der Waals surface area contributed by atoms with E-state index in [1.54, 1.807) is 0 Å². The molecule has 0 N–H and O–H groups in total. The van der Waals surface area contributed by atoms with Gasteiger partial charge >= 0.3 is 6.18 Å². The number of amides is 1. The van der Waals surface area contributed by atoms with Crippen molar-refractivity contribution >= 4 is 28.6 Å². The highest BCUT2D eigenvalue weighted by Gasteiger charge is 2.31. The molecule has 53 heavy (non-hydrogen) atoms. The topological polar surface area (TPSA) is 54.8 Å². The fourth-order valence-corrected chi connectivity index (χ4v) is 5.40. The molecule has 1 saturated heterocycles. The van der Waals surface area contributed by atoms with E-state index in [2.05, 4.69) is 0 Å². The zero-order valence-electron chi connectivity index (χ0n) is 48.4. The monoisotopic (exact) mass is 770 g/mol. The summed E-state index contributed by atoms with van der Waals surface area (Å²) in [5.41, 5.74) is -10.2. The third-order valence-electron chi connectivity index (χ3n) is 7.25. The Hall–Kier alpha value is -4.52. The van der Waals surface area contributed by atoms with Crippen molar-refractivity contribution in [3.05, 3.63) is 135 Å². The molecule has 1 aliphatic heterocycles. The van der Waals surface area contributed by atoms with E-state index in [1.165, 1.54) is 0 Å². The molecule has 1 fully saturated rings. The van der Waals surface area contributed by atoms with Crippen molar-refractivity contribution in [2.24, 2.45) is 0 Å². The molecule has 0 spiro atoms. The number of likely N-dealkylation sites (tertiary alicyclic amines) is 1. The molecule has 1 aromatic heterocycles. The molecule has 1 amide bonds. The van der Waals surface area contributed by atoms with Gasteiger partial charge in [0, 0.05) is 78.3 Å². The molecule has 0 saturated carbocycles. The fraction of sp³-hybridized carbons (Fsp3) is 0.317. The maximum absolute atomic E-state index is 15.8. The number of thioether (sulfide) groups is 1. The zero-order valence-corrected chi connectivity index (χ0v) is 28.2. The maximum Gasteiger partial charge on any atom is 0.416 e. The third-order valence-corrected chi connectivity index (χ3v) is 8.05. The van der Waals surface area contributed by atoms with Crippen molar-refractivity contribution in [2.45, 2.75) is 55.6 Å². The van der Waals surface area contributed by atoms with Gasteiger partial charge in [-0.15, -0.1) is 11.8 Å². The molecular formula is C41H40F5N3O3S. The van der Waals surface area contributed by atoms with Crippen LogP contribution in [0.25, 0.3) is 22.0 Å². The Morgan fingerprint density at radius 1 is 1.04 bits per heavy atom. The summed E-state index contributed by atoms with van der Waals surface area (Å²) >= 11 is -0.500. The number of aromatic nitrogens is 1. The van der Waals surface area contributed by atoms with Gasteiger partial charge in [0.2, 0.25) is 5.91 Å². The summed E-state index contributed by atoms with van der Waals surface area (Å²) in [6.45, 7) is -21.5. The van der Waals surface area contributed by atoms with Crippen molar-refractivity contribution < 1.29 is 60.3 Å². The number of alkyl halides is 3. The zero-order chi connectivity index (χ0) is 56.4. The van der Waals surface area contributed by atoms with Crippen LogP contribution in [0, 0.1) is 18.6 Å². The predicted octanol–water partition coefficient (Wildman–Crippen LogP) is 8.71. The molecular weight excluding hydrogens is 710 g/mol. The molecule has 2 heterocycles. The van der Waals surface area contributed by atoms with Gasteiger partial charge < -0.3 is 19.1 Å². The molecule has 5 aromatic rings.